The number of carbonyl (C=O) groups excluding carboxylic acids is 1. The Hall–Kier alpha value is -0.850. The third kappa shape index (κ3) is 3.25. The topological polar surface area (TPSA) is 17.1 Å². The van der Waals surface area contributed by atoms with E-state index in [1.54, 1.807) is 5.57 Å². The Morgan fingerprint density at radius 1 is 1.00 bits per heavy atom. The van der Waals surface area contributed by atoms with Crippen LogP contribution in [0.2, 0.25) is 0 Å². The largest absolute Gasteiger partial charge is 0.299 e. The Balaban J connectivity index is 1.51. The Bertz CT molecular complexity index is 682. The van der Waals surface area contributed by atoms with Crippen molar-refractivity contribution in [2.75, 3.05) is 0 Å². The lowest BCUT2D eigenvalue weighted by atomic mass is 9.47. The molecule has 0 N–H and O–H groups in total. The number of ketones is 1. The van der Waals surface area contributed by atoms with Crippen LogP contribution in [-0.4, -0.2) is 5.78 Å². The van der Waals surface area contributed by atoms with Crippen LogP contribution in [-0.2, 0) is 4.79 Å². The molecule has 4 aliphatic rings. The van der Waals surface area contributed by atoms with Gasteiger partial charge in [0.05, 0.1) is 0 Å². The molecule has 0 aromatic rings. The second kappa shape index (κ2) is 7.44. The molecule has 4 aliphatic carbocycles. The lowest BCUT2D eigenvalue weighted by molar-refractivity contribution is -0.122. The molecule has 0 heterocycles. The third-order valence-electron chi connectivity index (χ3n) is 9.53. The maximum atomic E-state index is 12.1. The molecule has 2 fully saturated rings. The molecule has 4 rings (SSSR count). The minimum atomic E-state index is 0.309. The Labute approximate surface area is 173 Å². The molecule has 1 nitrogen and oxygen atoms in total. The van der Waals surface area contributed by atoms with E-state index < -0.39 is 0 Å². The van der Waals surface area contributed by atoms with Gasteiger partial charge in [0.25, 0.3) is 0 Å². The van der Waals surface area contributed by atoms with E-state index in [1.165, 1.54) is 50.5 Å². The van der Waals surface area contributed by atoms with Gasteiger partial charge in [0.15, 0.2) is 0 Å². The molecule has 0 saturated heterocycles. The summed E-state index contributed by atoms with van der Waals surface area (Å²) in [6.07, 6.45) is 17.2. The van der Waals surface area contributed by atoms with Crippen LogP contribution in [0.5, 0.6) is 0 Å². The highest BCUT2D eigenvalue weighted by atomic mass is 16.1. The van der Waals surface area contributed by atoms with Gasteiger partial charge in [0.1, 0.15) is 5.78 Å². The predicted octanol–water partition coefficient (Wildman–Crippen LogP) is 7.52. The normalized spacial score (nSPS) is 41.1. The minimum absolute atomic E-state index is 0.309. The van der Waals surface area contributed by atoms with E-state index in [2.05, 4.69) is 46.8 Å². The summed E-state index contributed by atoms with van der Waals surface area (Å²) in [7, 11) is 0. The summed E-state index contributed by atoms with van der Waals surface area (Å²) in [5, 5.41) is 0. The van der Waals surface area contributed by atoms with Crippen molar-refractivity contribution in [2.45, 2.75) is 98.8 Å². The Morgan fingerprint density at radius 2 is 1.79 bits per heavy atom. The second-order valence-corrected chi connectivity index (χ2v) is 11.6. The lowest BCUT2D eigenvalue weighted by Gasteiger charge is -2.57. The molecule has 6 atom stereocenters. The van der Waals surface area contributed by atoms with Gasteiger partial charge in [-0.25, -0.2) is 0 Å². The van der Waals surface area contributed by atoms with Crippen molar-refractivity contribution in [3.8, 4) is 0 Å². The van der Waals surface area contributed by atoms with Gasteiger partial charge in [-0.1, -0.05) is 70.8 Å². The first-order valence-corrected chi connectivity index (χ1v) is 12.2. The van der Waals surface area contributed by atoms with Crippen LogP contribution >= 0.6 is 0 Å². The van der Waals surface area contributed by atoms with Crippen LogP contribution in [0.25, 0.3) is 0 Å². The zero-order valence-electron chi connectivity index (χ0n) is 19.0. The average molecular weight is 383 g/mol. The number of fused-ring (bicyclic) bond motifs is 5. The molecule has 2 saturated carbocycles. The van der Waals surface area contributed by atoms with Gasteiger partial charge >= 0.3 is 0 Å². The molecular weight excluding hydrogens is 340 g/mol. The van der Waals surface area contributed by atoms with Crippen molar-refractivity contribution in [2.24, 2.45) is 40.4 Å². The monoisotopic (exact) mass is 382 g/mol. The molecule has 0 aromatic heterocycles. The van der Waals surface area contributed by atoms with E-state index in [4.69, 9.17) is 0 Å². The van der Waals surface area contributed by atoms with Crippen molar-refractivity contribution in [1.82, 2.24) is 0 Å². The maximum Gasteiger partial charge on any atom is 0.136 e. The quantitative estimate of drug-likeness (QED) is 0.449. The highest BCUT2D eigenvalue weighted by Crippen LogP contribution is 2.65. The number of hydrogen-bond donors (Lipinski definition) is 0. The predicted molar refractivity (Wildman–Crippen MR) is 118 cm³/mol. The number of allylic oxidation sites excluding steroid dienone is 4. The van der Waals surface area contributed by atoms with E-state index >= 15 is 0 Å². The molecule has 28 heavy (non-hydrogen) atoms. The van der Waals surface area contributed by atoms with E-state index in [0.717, 1.165) is 48.9 Å². The molecule has 0 amide bonds. The van der Waals surface area contributed by atoms with Gasteiger partial charge in [0.2, 0.25) is 0 Å². The average Bonchev–Trinajstić information content (AvgIpc) is 2.99. The van der Waals surface area contributed by atoms with Gasteiger partial charge in [-0.05, 0) is 78.9 Å². The lowest BCUT2D eigenvalue weighted by Crippen LogP contribution is -2.49. The number of hydrogen-bond acceptors (Lipinski definition) is 1. The third-order valence-corrected chi connectivity index (χ3v) is 9.53. The molecule has 0 bridgehead atoms. The molecule has 1 heteroatoms. The van der Waals surface area contributed by atoms with Gasteiger partial charge in [-0.15, -0.1) is 0 Å². The summed E-state index contributed by atoms with van der Waals surface area (Å²) in [4.78, 5) is 12.1. The first-order valence-electron chi connectivity index (χ1n) is 12.2. The van der Waals surface area contributed by atoms with Crippen molar-refractivity contribution in [3.63, 3.8) is 0 Å². The first-order chi connectivity index (χ1) is 13.3. The van der Waals surface area contributed by atoms with Crippen LogP contribution in [0.15, 0.2) is 23.3 Å². The van der Waals surface area contributed by atoms with E-state index in [1.807, 2.05) is 0 Å². The van der Waals surface area contributed by atoms with Crippen molar-refractivity contribution < 1.29 is 4.79 Å². The van der Waals surface area contributed by atoms with E-state index in [-0.39, 0.29) is 0 Å². The van der Waals surface area contributed by atoms with Crippen molar-refractivity contribution in [3.05, 3.63) is 23.3 Å². The second-order valence-electron chi connectivity index (χ2n) is 11.6. The number of rotatable bonds is 5. The number of carbonyl (C=O) groups is 1. The fourth-order valence-electron chi connectivity index (χ4n) is 7.83. The molecule has 156 valence electrons. The van der Waals surface area contributed by atoms with Gasteiger partial charge in [0, 0.05) is 12.8 Å². The highest BCUT2D eigenvalue weighted by Gasteiger charge is 2.56. The summed E-state index contributed by atoms with van der Waals surface area (Å²) in [5.41, 5.74) is 4.05. The molecule has 0 unspecified atom stereocenters. The van der Waals surface area contributed by atoms with Gasteiger partial charge < -0.3 is 0 Å². The molecule has 0 radical (unpaired) electrons. The fraction of sp³-hybridized carbons (Fsp3) is 0.815. The zero-order chi connectivity index (χ0) is 20.1. The van der Waals surface area contributed by atoms with Crippen molar-refractivity contribution >= 4 is 5.78 Å². The molecule has 0 aromatic carbocycles. The molecule has 0 aliphatic heterocycles. The van der Waals surface area contributed by atoms with Crippen molar-refractivity contribution in [1.29, 1.82) is 0 Å². The van der Waals surface area contributed by atoms with Crippen LogP contribution in [0.1, 0.15) is 98.8 Å². The Kier molecular flexibility index (Phi) is 5.43. The van der Waals surface area contributed by atoms with Gasteiger partial charge in [-0.3, -0.25) is 4.79 Å². The van der Waals surface area contributed by atoms with Crippen LogP contribution in [0.4, 0.5) is 0 Å². The van der Waals surface area contributed by atoms with Gasteiger partial charge in [-0.2, -0.15) is 0 Å². The minimum Gasteiger partial charge on any atom is -0.299 e. The summed E-state index contributed by atoms with van der Waals surface area (Å²) < 4.78 is 0. The molecular formula is C27H42O. The summed E-state index contributed by atoms with van der Waals surface area (Å²) >= 11 is 0. The van der Waals surface area contributed by atoms with E-state index in [9.17, 15) is 4.79 Å². The smallest absolute Gasteiger partial charge is 0.136 e. The maximum absolute atomic E-state index is 12.1. The SMILES string of the molecule is CC(C)CCC[C@@H](C)C1=CC[C@H]2[C@@H]3CC=C4CC(=O)CC[C@]4(C)[C@H]3CC[C@]12C. The highest BCUT2D eigenvalue weighted by molar-refractivity contribution is 5.82. The van der Waals surface area contributed by atoms with Crippen LogP contribution in [0.3, 0.4) is 0 Å². The standard InChI is InChI=1S/C27H42O/c1-18(2)7-6-8-19(3)23-11-12-24-22-10-9-20-17-21(28)13-15-26(20,4)25(22)14-16-27(23,24)5/h9,11,18-19,22,24-25H,6-8,10,12-17H2,1-5H3/t19-,22+,24+,25+,26+,27-/m1/s1. The van der Waals surface area contributed by atoms with Crippen LogP contribution < -0.4 is 0 Å². The molecule has 0 spiro atoms. The van der Waals surface area contributed by atoms with E-state index in [0.29, 0.717) is 16.6 Å². The fourth-order valence-corrected chi connectivity index (χ4v) is 7.83. The Morgan fingerprint density at radius 3 is 2.54 bits per heavy atom. The number of Topliss-reactive ketones (excluding diaryl/α,β-unsaturated/α-hetero) is 1. The van der Waals surface area contributed by atoms with Crippen LogP contribution in [0, 0.1) is 40.4 Å². The zero-order valence-corrected chi connectivity index (χ0v) is 19.0. The first kappa shape index (κ1) is 20.4. The summed E-state index contributed by atoms with van der Waals surface area (Å²) in [6.45, 7) is 12.3. The summed E-state index contributed by atoms with van der Waals surface area (Å²) in [6, 6.07) is 0. The summed E-state index contributed by atoms with van der Waals surface area (Å²) in [5.74, 6) is 4.53.